The molecule has 1 aliphatic rings. The number of hydrogen-bond donors (Lipinski definition) is 2. The number of aliphatic carboxylic acids is 1. The highest BCUT2D eigenvalue weighted by molar-refractivity contribution is 5.98. The topological polar surface area (TPSA) is 111 Å². The molecule has 38 heavy (non-hydrogen) atoms. The van der Waals surface area contributed by atoms with Crippen LogP contribution in [0.1, 0.15) is 53.1 Å². The number of benzene rings is 3. The summed E-state index contributed by atoms with van der Waals surface area (Å²) in [5, 5.41) is 12.1. The molecule has 2 N–H and O–H groups in total. The first-order valence-corrected chi connectivity index (χ1v) is 12.5. The molecule has 8 nitrogen and oxygen atoms in total. The summed E-state index contributed by atoms with van der Waals surface area (Å²) in [5.41, 5.74) is 4.83. The third-order valence-corrected chi connectivity index (χ3v) is 6.79. The molecule has 3 aromatic carbocycles. The fourth-order valence-corrected chi connectivity index (χ4v) is 4.84. The molecule has 1 atom stereocenters. The van der Waals surface area contributed by atoms with Crippen molar-refractivity contribution in [2.45, 2.75) is 37.6 Å². The number of alkyl carbamates (subject to hydrolysis) is 1. The zero-order valence-electron chi connectivity index (χ0n) is 21.4. The Bertz CT molecular complexity index is 1270. The minimum atomic E-state index is -1.15. The average molecular weight is 518 g/mol. The molecular formula is C30H31NO7. The lowest BCUT2D eigenvalue weighted by Gasteiger charge is -2.17. The van der Waals surface area contributed by atoms with Gasteiger partial charge >= 0.3 is 12.1 Å². The Balaban J connectivity index is 1.27. The van der Waals surface area contributed by atoms with Crippen molar-refractivity contribution in [3.8, 4) is 22.6 Å². The standard InChI is InChI=1S/C30H31NO7/c1-36-19-15-16-24(28(17-19)37-2)27(32)14-8-7-13-26(29(33)34)31-30(35)38-18-25-22-11-5-3-9-20(22)21-10-4-6-12-23(21)25/h3-6,9-12,15-17,25-26H,7-8,13-14,18H2,1-2H3,(H,31,35)(H,33,34)/t26-/m1/s1. The van der Waals surface area contributed by atoms with Crippen LogP contribution in [0.3, 0.4) is 0 Å². The Labute approximate surface area is 221 Å². The van der Waals surface area contributed by atoms with Crippen LogP contribution in [0, 0.1) is 0 Å². The van der Waals surface area contributed by atoms with Crippen molar-refractivity contribution in [2.75, 3.05) is 20.8 Å². The van der Waals surface area contributed by atoms with Gasteiger partial charge in [0, 0.05) is 18.4 Å². The largest absolute Gasteiger partial charge is 0.497 e. The van der Waals surface area contributed by atoms with Gasteiger partial charge in [0.25, 0.3) is 0 Å². The molecule has 1 amide bonds. The van der Waals surface area contributed by atoms with Gasteiger partial charge in [-0.15, -0.1) is 0 Å². The van der Waals surface area contributed by atoms with E-state index in [0.717, 1.165) is 22.3 Å². The number of nitrogens with one attached hydrogen (secondary N) is 1. The molecule has 0 saturated carbocycles. The fourth-order valence-electron chi connectivity index (χ4n) is 4.84. The summed E-state index contributed by atoms with van der Waals surface area (Å²) >= 11 is 0. The van der Waals surface area contributed by atoms with E-state index < -0.39 is 18.1 Å². The van der Waals surface area contributed by atoms with Crippen molar-refractivity contribution in [3.05, 3.63) is 83.4 Å². The van der Waals surface area contributed by atoms with E-state index in [2.05, 4.69) is 5.32 Å². The maximum atomic E-state index is 12.6. The molecule has 0 heterocycles. The second kappa shape index (κ2) is 12.3. The molecule has 8 heteroatoms. The number of methoxy groups -OCH3 is 2. The number of Topliss-reactive ketones (excluding diaryl/α,β-unsaturated/α-hetero) is 1. The normalized spacial score (nSPS) is 12.7. The van der Waals surface area contributed by atoms with E-state index in [1.165, 1.54) is 14.2 Å². The van der Waals surface area contributed by atoms with Crippen LogP contribution < -0.4 is 14.8 Å². The van der Waals surface area contributed by atoms with E-state index in [9.17, 15) is 19.5 Å². The molecule has 0 saturated heterocycles. The summed E-state index contributed by atoms with van der Waals surface area (Å²) in [5.74, 6) is -0.364. The van der Waals surface area contributed by atoms with Gasteiger partial charge in [-0.2, -0.15) is 0 Å². The number of fused-ring (bicyclic) bond motifs is 3. The Kier molecular flexibility index (Phi) is 8.63. The average Bonchev–Trinajstić information content (AvgIpc) is 3.26. The lowest BCUT2D eigenvalue weighted by Crippen LogP contribution is -2.41. The maximum Gasteiger partial charge on any atom is 0.407 e. The molecule has 0 fully saturated rings. The summed E-state index contributed by atoms with van der Waals surface area (Å²) in [6.45, 7) is 0.102. The van der Waals surface area contributed by atoms with Crippen molar-refractivity contribution in [2.24, 2.45) is 0 Å². The number of hydrogen-bond acceptors (Lipinski definition) is 6. The zero-order valence-corrected chi connectivity index (χ0v) is 21.4. The van der Waals surface area contributed by atoms with Gasteiger partial charge < -0.3 is 24.6 Å². The molecule has 1 aliphatic carbocycles. The predicted molar refractivity (Wildman–Crippen MR) is 142 cm³/mol. The van der Waals surface area contributed by atoms with Crippen LogP contribution in [0.15, 0.2) is 66.7 Å². The van der Waals surface area contributed by atoms with Crippen LogP contribution >= 0.6 is 0 Å². The molecule has 0 aliphatic heterocycles. The monoisotopic (exact) mass is 517 g/mol. The Hall–Kier alpha value is -4.33. The summed E-state index contributed by atoms with van der Waals surface area (Å²) in [6.07, 6.45) is 0.514. The smallest absolute Gasteiger partial charge is 0.407 e. The number of carboxylic acid groups (broad SMARTS) is 1. The van der Waals surface area contributed by atoms with Crippen LogP contribution in [-0.2, 0) is 9.53 Å². The first kappa shape index (κ1) is 26.7. The molecule has 4 rings (SSSR count). The molecule has 0 aromatic heterocycles. The molecule has 0 radical (unpaired) electrons. The number of carbonyl (C=O) groups is 3. The SMILES string of the molecule is COc1ccc(C(=O)CCCC[C@@H](NC(=O)OCC2c3ccccc3-c3ccccc32)C(=O)O)c(OC)c1. The third kappa shape index (κ3) is 5.96. The molecule has 0 bridgehead atoms. The maximum absolute atomic E-state index is 12.6. The van der Waals surface area contributed by atoms with Gasteiger partial charge in [0.1, 0.15) is 24.1 Å². The van der Waals surface area contributed by atoms with E-state index in [4.69, 9.17) is 14.2 Å². The highest BCUT2D eigenvalue weighted by Gasteiger charge is 2.29. The van der Waals surface area contributed by atoms with Crippen LogP contribution in [0.25, 0.3) is 11.1 Å². The van der Waals surface area contributed by atoms with Gasteiger partial charge in [0.05, 0.1) is 19.8 Å². The second-order valence-electron chi connectivity index (χ2n) is 9.10. The van der Waals surface area contributed by atoms with E-state index in [1.54, 1.807) is 18.2 Å². The van der Waals surface area contributed by atoms with Crippen molar-refractivity contribution in [1.82, 2.24) is 5.32 Å². The van der Waals surface area contributed by atoms with E-state index in [0.29, 0.717) is 29.9 Å². The van der Waals surface area contributed by atoms with Crippen LogP contribution in [0.4, 0.5) is 4.79 Å². The van der Waals surface area contributed by atoms with Gasteiger partial charge in [-0.25, -0.2) is 9.59 Å². The molecular weight excluding hydrogens is 486 g/mol. The van der Waals surface area contributed by atoms with E-state index >= 15 is 0 Å². The third-order valence-electron chi connectivity index (χ3n) is 6.79. The quantitative estimate of drug-likeness (QED) is 0.243. The number of ether oxygens (including phenoxy) is 3. The number of unbranched alkanes of at least 4 members (excludes halogenated alkanes) is 1. The van der Waals surface area contributed by atoms with Gasteiger partial charge in [-0.05, 0) is 47.2 Å². The van der Waals surface area contributed by atoms with E-state index in [1.807, 2.05) is 48.5 Å². The second-order valence-corrected chi connectivity index (χ2v) is 9.10. The number of carboxylic acids is 1. The lowest BCUT2D eigenvalue weighted by atomic mass is 9.98. The Morgan fingerprint density at radius 1 is 0.895 bits per heavy atom. The van der Waals surface area contributed by atoms with Crippen LogP contribution in [0.5, 0.6) is 11.5 Å². The first-order valence-electron chi connectivity index (χ1n) is 12.5. The van der Waals surface area contributed by atoms with Gasteiger partial charge in [-0.3, -0.25) is 4.79 Å². The van der Waals surface area contributed by atoms with Gasteiger partial charge in [-0.1, -0.05) is 55.0 Å². The number of ketones is 1. The minimum Gasteiger partial charge on any atom is -0.497 e. The lowest BCUT2D eigenvalue weighted by molar-refractivity contribution is -0.139. The Morgan fingerprint density at radius 3 is 2.16 bits per heavy atom. The summed E-state index contributed by atoms with van der Waals surface area (Å²) < 4.78 is 15.9. The number of rotatable bonds is 12. The molecule has 3 aromatic rings. The number of carbonyl (C=O) groups excluding carboxylic acids is 2. The minimum absolute atomic E-state index is 0.102. The summed E-state index contributed by atoms with van der Waals surface area (Å²) in [4.78, 5) is 36.9. The van der Waals surface area contributed by atoms with Gasteiger partial charge in [0.2, 0.25) is 0 Å². The van der Waals surface area contributed by atoms with Crippen molar-refractivity contribution >= 4 is 17.8 Å². The first-order chi connectivity index (χ1) is 18.4. The van der Waals surface area contributed by atoms with Crippen LogP contribution in [0.2, 0.25) is 0 Å². The zero-order chi connectivity index (χ0) is 27.1. The molecule has 0 unspecified atom stereocenters. The fraction of sp³-hybridized carbons (Fsp3) is 0.300. The van der Waals surface area contributed by atoms with Crippen molar-refractivity contribution in [1.29, 1.82) is 0 Å². The summed E-state index contributed by atoms with van der Waals surface area (Å²) in [7, 11) is 3.02. The van der Waals surface area contributed by atoms with Crippen molar-refractivity contribution < 1.29 is 33.7 Å². The Morgan fingerprint density at radius 2 is 1.55 bits per heavy atom. The number of amides is 1. The predicted octanol–water partition coefficient (Wildman–Crippen LogP) is 5.44. The highest BCUT2D eigenvalue weighted by atomic mass is 16.5. The van der Waals surface area contributed by atoms with Gasteiger partial charge in [0.15, 0.2) is 5.78 Å². The summed E-state index contributed by atoms with van der Waals surface area (Å²) in [6, 6.07) is 19.9. The van der Waals surface area contributed by atoms with Crippen LogP contribution in [-0.4, -0.2) is 49.8 Å². The van der Waals surface area contributed by atoms with Crippen molar-refractivity contribution in [3.63, 3.8) is 0 Å². The van der Waals surface area contributed by atoms with E-state index in [-0.39, 0.29) is 31.1 Å². The highest BCUT2D eigenvalue weighted by Crippen LogP contribution is 2.44. The molecule has 198 valence electrons. The molecule has 0 spiro atoms.